The van der Waals surface area contributed by atoms with Crippen LogP contribution in [0.5, 0.6) is 5.75 Å². The van der Waals surface area contributed by atoms with E-state index in [2.05, 4.69) is 6.07 Å². The summed E-state index contributed by atoms with van der Waals surface area (Å²) in [5.41, 5.74) is 0.787. The molecular weight excluding hydrogens is 228 g/mol. The Morgan fingerprint density at radius 1 is 1.33 bits per heavy atom. The number of nitrogens with zero attached hydrogens (tertiary/aromatic N) is 2. The van der Waals surface area contributed by atoms with Crippen LogP contribution < -0.4 is 4.74 Å². The van der Waals surface area contributed by atoms with Gasteiger partial charge in [0.1, 0.15) is 11.8 Å². The van der Waals surface area contributed by atoms with Gasteiger partial charge in [-0.25, -0.2) is 0 Å². The Labute approximate surface area is 108 Å². The second-order valence-electron chi connectivity index (χ2n) is 4.41. The van der Waals surface area contributed by atoms with Crippen LogP contribution in [-0.4, -0.2) is 25.0 Å². The summed E-state index contributed by atoms with van der Waals surface area (Å²) >= 11 is 0. The van der Waals surface area contributed by atoms with Crippen molar-refractivity contribution in [2.45, 2.75) is 19.9 Å². The van der Waals surface area contributed by atoms with E-state index in [1.165, 1.54) is 4.90 Å². The van der Waals surface area contributed by atoms with Gasteiger partial charge < -0.3 is 9.64 Å². The lowest BCUT2D eigenvalue weighted by molar-refractivity contribution is -0.134. The van der Waals surface area contributed by atoms with E-state index in [4.69, 9.17) is 4.74 Å². The first-order valence-corrected chi connectivity index (χ1v) is 5.81. The van der Waals surface area contributed by atoms with Crippen LogP contribution in [0.15, 0.2) is 24.3 Å². The molecule has 0 saturated heterocycles. The molecule has 0 radical (unpaired) electrons. The van der Waals surface area contributed by atoms with Gasteiger partial charge in [-0.3, -0.25) is 4.79 Å². The molecule has 96 valence electrons. The molecule has 0 aliphatic rings. The number of rotatable bonds is 4. The van der Waals surface area contributed by atoms with Crippen LogP contribution >= 0.6 is 0 Å². The van der Waals surface area contributed by atoms with E-state index < -0.39 is 6.04 Å². The number of benzene rings is 1. The van der Waals surface area contributed by atoms with Crippen LogP contribution in [0.4, 0.5) is 0 Å². The molecule has 1 rings (SSSR count). The fraction of sp³-hybridized carbons (Fsp3) is 0.429. The number of nitriles is 1. The zero-order chi connectivity index (χ0) is 13.7. The second-order valence-corrected chi connectivity index (χ2v) is 4.41. The van der Waals surface area contributed by atoms with Crippen molar-refractivity contribution in [3.63, 3.8) is 0 Å². The molecule has 18 heavy (non-hydrogen) atoms. The van der Waals surface area contributed by atoms with Gasteiger partial charge in [-0.1, -0.05) is 26.0 Å². The Balaban J connectivity index is 2.96. The maximum absolute atomic E-state index is 11.9. The van der Waals surface area contributed by atoms with Gasteiger partial charge in [0.15, 0.2) is 0 Å². The van der Waals surface area contributed by atoms with Gasteiger partial charge >= 0.3 is 0 Å². The minimum Gasteiger partial charge on any atom is -0.497 e. The molecule has 0 N–H and O–H groups in total. The molecule has 4 nitrogen and oxygen atoms in total. The summed E-state index contributed by atoms with van der Waals surface area (Å²) in [4.78, 5) is 13.4. The molecule has 1 atom stereocenters. The van der Waals surface area contributed by atoms with Crippen LogP contribution in [0.1, 0.15) is 25.5 Å². The average molecular weight is 246 g/mol. The van der Waals surface area contributed by atoms with Crippen LogP contribution in [-0.2, 0) is 4.79 Å². The molecule has 0 bridgehead atoms. The smallest absolute Gasteiger partial charge is 0.226 e. The molecule has 1 aromatic carbocycles. The summed E-state index contributed by atoms with van der Waals surface area (Å²) < 4.78 is 5.07. The van der Waals surface area contributed by atoms with Crippen LogP contribution in [0.3, 0.4) is 0 Å². The van der Waals surface area contributed by atoms with E-state index in [-0.39, 0.29) is 11.8 Å². The molecule has 0 saturated carbocycles. The lowest BCUT2D eigenvalue weighted by Gasteiger charge is -2.24. The number of methoxy groups -OCH3 is 1. The van der Waals surface area contributed by atoms with Crippen molar-refractivity contribution in [1.29, 1.82) is 5.26 Å². The Morgan fingerprint density at radius 3 is 2.28 bits per heavy atom. The Kier molecular flexibility index (Phi) is 4.73. The van der Waals surface area contributed by atoms with Crippen molar-refractivity contribution >= 4 is 5.91 Å². The quantitative estimate of drug-likeness (QED) is 0.819. The third kappa shape index (κ3) is 3.01. The van der Waals surface area contributed by atoms with Crippen molar-refractivity contribution in [2.24, 2.45) is 5.92 Å². The van der Waals surface area contributed by atoms with Gasteiger partial charge in [-0.15, -0.1) is 0 Å². The maximum Gasteiger partial charge on any atom is 0.226 e. The van der Waals surface area contributed by atoms with Gasteiger partial charge in [0.2, 0.25) is 5.91 Å². The molecule has 0 aliphatic heterocycles. The lowest BCUT2D eigenvalue weighted by Crippen LogP contribution is -2.33. The highest BCUT2D eigenvalue weighted by atomic mass is 16.5. The first kappa shape index (κ1) is 14.0. The third-order valence-electron chi connectivity index (χ3n) is 2.78. The standard InChI is InChI=1S/C14H18N2O2/c1-10(2)14(17)16(3)13(9-15)11-5-7-12(18-4)8-6-11/h5-8,10,13H,1-4H3. The molecule has 1 amide bonds. The molecule has 0 aliphatic carbocycles. The number of carbonyl (C=O) groups is 1. The maximum atomic E-state index is 11.9. The van der Waals surface area contributed by atoms with Gasteiger partial charge in [-0.05, 0) is 17.7 Å². The van der Waals surface area contributed by atoms with Crippen molar-refractivity contribution in [1.82, 2.24) is 4.90 Å². The van der Waals surface area contributed by atoms with E-state index in [1.54, 1.807) is 38.4 Å². The first-order valence-electron chi connectivity index (χ1n) is 5.81. The monoisotopic (exact) mass is 246 g/mol. The Morgan fingerprint density at radius 2 is 1.89 bits per heavy atom. The summed E-state index contributed by atoms with van der Waals surface area (Å²) in [5.74, 6) is 0.565. The predicted molar refractivity (Wildman–Crippen MR) is 69.0 cm³/mol. The number of carbonyl (C=O) groups excluding carboxylic acids is 1. The van der Waals surface area contributed by atoms with Crippen molar-refractivity contribution in [3.05, 3.63) is 29.8 Å². The van der Waals surface area contributed by atoms with Gasteiger partial charge in [0, 0.05) is 13.0 Å². The summed E-state index contributed by atoms with van der Waals surface area (Å²) in [6, 6.07) is 8.77. The highest BCUT2D eigenvalue weighted by Crippen LogP contribution is 2.22. The van der Waals surface area contributed by atoms with Gasteiger partial charge in [-0.2, -0.15) is 5.26 Å². The van der Waals surface area contributed by atoms with Crippen LogP contribution in [0, 0.1) is 17.2 Å². The largest absolute Gasteiger partial charge is 0.497 e. The van der Waals surface area contributed by atoms with Crippen LogP contribution in [0.25, 0.3) is 0 Å². The molecule has 0 spiro atoms. The molecule has 1 aromatic rings. The second kappa shape index (κ2) is 6.06. The first-order chi connectivity index (χ1) is 8.51. The molecule has 0 aromatic heterocycles. The summed E-state index contributed by atoms with van der Waals surface area (Å²) in [7, 11) is 3.24. The summed E-state index contributed by atoms with van der Waals surface area (Å²) in [6.45, 7) is 3.64. The normalized spacial score (nSPS) is 11.8. The van der Waals surface area contributed by atoms with Crippen molar-refractivity contribution in [2.75, 3.05) is 14.2 Å². The van der Waals surface area contributed by atoms with E-state index in [0.717, 1.165) is 11.3 Å². The molecule has 0 fully saturated rings. The van der Waals surface area contributed by atoms with E-state index in [1.807, 2.05) is 13.8 Å². The SMILES string of the molecule is COc1ccc(C(C#N)N(C)C(=O)C(C)C)cc1. The minimum atomic E-state index is -0.564. The molecule has 1 unspecified atom stereocenters. The number of amides is 1. The number of ether oxygens (including phenoxy) is 1. The average Bonchev–Trinajstić information content (AvgIpc) is 2.39. The molecule has 0 heterocycles. The van der Waals surface area contributed by atoms with Crippen molar-refractivity contribution < 1.29 is 9.53 Å². The lowest BCUT2D eigenvalue weighted by atomic mass is 10.0. The highest BCUT2D eigenvalue weighted by Gasteiger charge is 2.23. The predicted octanol–water partition coefficient (Wildman–Crippen LogP) is 2.37. The fourth-order valence-electron chi connectivity index (χ4n) is 1.71. The molecule has 4 heteroatoms. The zero-order valence-corrected chi connectivity index (χ0v) is 11.2. The van der Waals surface area contributed by atoms with Gasteiger partial charge in [0.05, 0.1) is 13.2 Å². The number of hydrogen-bond acceptors (Lipinski definition) is 3. The fourth-order valence-corrected chi connectivity index (χ4v) is 1.71. The van der Waals surface area contributed by atoms with E-state index in [0.29, 0.717) is 0 Å². The van der Waals surface area contributed by atoms with Crippen LogP contribution in [0.2, 0.25) is 0 Å². The summed E-state index contributed by atoms with van der Waals surface area (Å²) in [6.07, 6.45) is 0. The summed E-state index contributed by atoms with van der Waals surface area (Å²) in [5, 5.41) is 9.23. The molecular formula is C14H18N2O2. The Bertz CT molecular complexity index is 446. The van der Waals surface area contributed by atoms with Crippen molar-refractivity contribution in [3.8, 4) is 11.8 Å². The Hall–Kier alpha value is -2.02. The van der Waals surface area contributed by atoms with Gasteiger partial charge in [0.25, 0.3) is 0 Å². The third-order valence-corrected chi connectivity index (χ3v) is 2.78. The minimum absolute atomic E-state index is 0.0441. The van der Waals surface area contributed by atoms with E-state index in [9.17, 15) is 10.1 Å². The van der Waals surface area contributed by atoms with E-state index >= 15 is 0 Å². The zero-order valence-electron chi connectivity index (χ0n) is 11.2. The number of hydrogen-bond donors (Lipinski definition) is 0. The topological polar surface area (TPSA) is 53.3 Å². The highest BCUT2D eigenvalue weighted by molar-refractivity contribution is 5.78.